The van der Waals surface area contributed by atoms with Crippen molar-refractivity contribution in [2.45, 2.75) is 36.7 Å². The van der Waals surface area contributed by atoms with Crippen LogP contribution >= 0.6 is 11.9 Å². The van der Waals surface area contributed by atoms with Crippen molar-refractivity contribution in [2.75, 3.05) is 39.4 Å². The lowest BCUT2D eigenvalue weighted by molar-refractivity contribution is -0.511. The molecule has 31 heavy (non-hydrogen) atoms. The number of nitrogens with one attached hydrogen (secondary N) is 1. The average Bonchev–Trinajstić information content (AvgIpc) is 3.22. The molecule has 12 nitrogen and oxygen atoms in total. The summed E-state index contributed by atoms with van der Waals surface area (Å²) in [6.45, 7) is 4.34. The highest BCUT2D eigenvalue weighted by Gasteiger charge is 2.45. The van der Waals surface area contributed by atoms with Crippen LogP contribution < -0.4 is 16.4 Å². The van der Waals surface area contributed by atoms with Gasteiger partial charge in [0.25, 0.3) is 0 Å². The first-order valence-corrected chi connectivity index (χ1v) is 11.3. The molecule has 0 bridgehead atoms. The van der Waals surface area contributed by atoms with Crippen molar-refractivity contribution in [1.82, 2.24) is 19.6 Å². The van der Waals surface area contributed by atoms with E-state index in [9.17, 15) is 20.2 Å². The second-order valence-electron chi connectivity index (χ2n) is 7.98. The number of urea groups is 1. The van der Waals surface area contributed by atoms with Crippen molar-refractivity contribution >= 4 is 18.0 Å². The van der Waals surface area contributed by atoms with E-state index in [1.165, 1.54) is 11.9 Å². The molecule has 2 amide bonds. The lowest BCUT2D eigenvalue weighted by Crippen LogP contribution is -2.55. The van der Waals surface area contributed by atoms with E-state index in [-0.39, 0.29) is 16.9 Å². The van der Waals surface area contributed by atoms with Crippen molar-refractivity contribution < 1.29 is 14.5 Å². The quantitative estimate of drug-likeness (QED) is 0.118. The SMILES string of the molecule is N#CC1C(C2C=CC([N+](=O)[O-])CC2)NSC1N(N)C(=O)N(N)CCCN1CCOCC1. The summed E-state index contributed by atoms with van der Waals surface area (Å²) in [4.78, 5) is 25.6. The van der Waals surface area contributed by atoms with E-state index >= 15 is 0 Å². The van der Waals surface area contributed by atoms with Gasteiger partial charge in [0.05, 0.1) is 25.2 Å². The highest BCUT2D eigenvalue weighted by Crippen LogP contribution is 2.37. The van der Waals surface area contributed by atoms with Crippen LogP contribution in [-0.2, 0) is 4.74 Å². The third kappa shape index (κ3) is 5.85. The maximum Gasteiger partial charge on any atom is 0.349 e. The van der Waals surface area contributed by atoms with Gasteiger partial charge in [0.2, 0.25) is 6.04 Å². The van der Waals surface area contributed by atoms with Gasteiger partial charge in [-0.1, -0.05) is 18.0 Å². The van der Waals surface area contributed by atoms with Gasteiger partial charge < -0.3 is 4.74 Å². The molecule has 5 unspecified atom stereocenters. The first-order valence-electron chi connectivity index (χ1n) is 10.4. The predicted octanol–water partition coefficient (Wildman–Crippen LogP) is -0.123. The second-order valence-corrected chi connectivity index (χ2v) is 8.93. The van der Waals surface area contributed by atoms with Gasteiger partial charge in [0.1, 0.15) is 5.37 Å². The number of nitrogens with two attached hydrogens (primary N) is 2. The largest absolute Gasteiger partial charge is 0.379 e. The molecule has 0 aromatic heterocycles. The van der Waals surface area contributed by atoms with Crippen molar-refractivity contribution in [3.8, 4) is 6.07 Å². The molecule has 2 fully saturated rings. The molecule has 0 spiro atoms. The number of nitriles is 1. The lowest BCUT2D eigenvalue weighted by Gasteiger charge is -2.31. The van der Waals surface area contributed by atoms with E-state index < -0.39 is 23.4 Å². The number of rotatable bonds is 7. The number of nitrogens with zero attached hydrogens (tertiary/aromatic N) is 5. The Hall–Kier alpha value is -1.95. The number of hydrogen-bond acceptors (Lipinski definition) is 10. The molecule has 2 heterocycles. The molecular formula is C18H30N8O4S. The van der Waals surface area contributed by atoms with Gasteiger partial charge in [0.15, 0.2) is 0 Å². The molecule has 0 aromatic rings. The smallest absolute Gasteiger partial charge is 0.349 e. The zero-order valence-corrected chi connectivity index (χ0v) is 18.2. The number of nitro groups is 1. The summed E-state index contributed by atoms with van der Waals surface area (Å²) in [5.41, 5.74) is 0. The Morgan fingerprint density at radius 1 is 1.35 bits per heavy atom. The number of carbonyl (C=O) groups is 1. The van der Waals surface area contributed by atoms with Crippen molar-refractivity contribution in [1.29, 1.82) is 5.26 Å². The van der Waals surface area contributed by atoms with Gasteiger partial charge in [-0.3, -0.25) is 24.7 Å². The number of carbonyl (C=O) groups excluding carboxylic acids is 1. The van der Waals surface area contributed by atoms with Crippen LogP contribution in [0.2, 0.25) is 0 Å². The molecule has 3 rings (SSSR count). The van der Waals surface area contributed by atoms with E-state index in [1.807, 2.05) is 0 Å². The maximum atomic E-state index is 12.7. The minimum Gasteiger partial charge on any atom is -0.379 e. The van der Waals surface area contributed by atoms with Crippen LogP contribution in [0.4, 0.5) is 4.79 Å². The summed E-state index contributed by atoms with van der Waals surface area (Å²) in [6.07, 6.45) is 5.11. The normalized spacial score (nSPS) is 31.2. The molecule has 13 heteroatoms. The summed E-state index contributed by atoms with van der Waals surface area (Å²) < 4.78 is 8.52. The van der Waals surface area contributed by atoms with Crippen LogP contribution in [0.25, 0.3) is 0 Å². The van der Waals surface area contributed by atoms with Gasteiger partial charge in [-0.25, -0.2) is 21.5 Å². The fourth-order valence-electron chi connectivity index (χ4n) is 4.14. The number of ether oxygens (including phenoxy) is 1. The lowest BCUT2D eigenvalue weighted by atomic mass is 9.82. The molecule has 1 aliphatic carbocycles. The van der Waals surface area contributed by atoms with E-state index in [4.69, 9.17) is 16.4 Å². The zero-order valence-electron chi connectivity index (χ0n) is 17.3. The molecule has 5 atom stereocenters. The Balaban J connectivity index is 1.51. The minimum atomic E-state index is -0.683. The Labute approximate surface area is 185 Å². The van der Waals surface area contributed by atoms with E-state index in [2.05, 4.69) is 15.7 Å². The monoisotopic (exact) mass is 454 g/mol. The number of hydrazine groups is 2. The van der Waals surface area contributed by atoms with Gasteiger partial charge >= 0.3 is 6.03 Å². The zero-order chi connectivity index (χ0) is 22.4. The fourth-order valence-corrected chi connectivity index (χ4v) is 5.34. The molecule has 0 radical (unpaired) electrons. The summed E-state index contributed by atoms with van der Waals surface area (Å²) in [6, 6.07) is 0.770. The maximum absolute atomic E-state index is 12.7. The Morgan fingerprint density at radius 3 is 2.71 bits per heavy atom. The van der Waals surface area contributed by atoms with Gasteiger partial charge in [0, 0.05) is 43.6 Å². The number of morpholine rings is 1. The predicted molar refractivity (Wildman–Crippen MR) is 114 cm³/mol. The summed E-state index contributed by atoms with van der Waals surface area (Å²) in [5.74, 6) is 11.4. The van der Waals surface area contributed by atoms with Gasteiger partial charge in [-0.05, 0) is 24.8 Å². The van der Waals surface area contributed by atoms with E-state index in [1.54, 1.807) is 12.2 Å². The first kappa shape index (κ1) is 23.7. The summed E-state index contributed by atoms with van der Waals surface area (Å²) >= 11 is 1.22. The van der Waals surface area contributed by atoms with Crippen LogP contribution in [0, 0.1) is 33.3 Å². The standard InChI is InChI=1S/C18H30N8O4S/c19-12-15-16(13-2-4-14(5-3-13)26(28)29)22-31-17(15)25(21)18(27)24(20)7-1-6-23-8-10-30-11-9-23/h2,4,13-17,22H,1,3,5-11,20-21H2. The third-order valence-corrected chi connectivity index (χ3v) is 7.16. The molecule has 5 N–H and O–H groups in total. The number of hydrogen-bond donors (Lipinski definition) is 3. The van der Waals surface area contributed by atoms with Crippen LogP contribution in [0.15, 0.2) is 12.2 Å². The van der Waals surface area contributed by atoms with E-state index in [0.717, 1.165) is 29.7 Å². The molecule has 0 saturated carbocycles. The average molecular weight is 455 g/mol. The van der Waals surface area contributed by atoms with Crippen molar-refractivity contribution in [3.05, 3.63) is 22.3 Å². The number of amides is 2. The summed E-state index contributed by atoms with van der Waals surface area (Å²) in [5, 5.41) is 22.2. The topological polar surface area (TPSA) is 167 Å². The molecule has 2 aliphatic heterocycles. The third-order valence-electron chi connectivity index (χ3n) is 5.99. The van der Waals surface area contributed by atoms with Crippen LogP contribution in [0.3, 0.4) is 0 Å². The van der Waals surface area contributed by atoms with Gasteiger partial charge in [-0.15, -0.1) is 0 Å². The first-order chi connectivity index (χ1) is 14.9. The molecule has 0 aromatic carbocycles. The fraction of sp³-hybridized carbons (Fsp3) is 0.778. The van der Waals surface area contributed by atoms with Crippen molar-refractivity contribution in [2.24, 2.45) is 23.5 Å². The van der Waals surface area contributed by atoms with Crippen LogP contribution in [0.1, 0.15) is 19.3 Å². The summed E-state index contributed by atoms with van der Waals surface area (Å²) in [7, 11) is 0. The Bertz CT molecular complexity index is 713. The highest BCUT2D eigenvalue weighted by molar-refractivity contribution is 7.98. The van der Waals surface area contributed by atoms with Gasteiger partial charge in [-0.2, -0.15) is 5.26 Å². The minimum absolute atomic E-state index is 0.0376. The second kappa shape index (κ2) is 11.1. The molecular weight excluding hydrogens is 424 g/mol. The molecule has 172 valence electrons. The Morgan fingerprint density at radius 2 is 2.10 bits per heavy atom. The molecule has 2 saturated heterocycles. The van der Waals surface area contributed by atoms with E-state index in [0.29, 0.717) is 39.0 Å². The Kier molecular flexibility index (Phi) is 8.47. The highest BCUT2D eigenvalue weighted by atomic mass is 32.2. The molecule has 3 aliphatic rings. The van der Waals surface area contributed by atoms with Crippen LogP contribution in [-0.4, -0.2) is 82.7 Å². The van der Waals surface area contributed by atoms with Crippen molar-refractivity contribution in [3.63, 3.8) is 0 Å². The van der Waals surface area contributed by atoms with Crippen LogP contribution in [0.5, 0.6) is 0 Å².